The Morgan fingerprint density at radius 2 is 1.61 bits per heavy atom. The smallest absolute Gasteiger partial charge is 0.335 e. The van der Waals surface area contributed by atoms with E-state index in [-0.39, 0.29) is 57.9 Å². The largest absolute Gasteiger partial charge is 0.507 e. The van der Waals surface area contributed by atoms with Gasteiger partial charge in [0.25, 0.3) is 0 Å². The second-order valence-corrected chi connectivity index (χ2v) is 9.15. The van der Waals surface area contributed by atoms with Gasteiger partial charge in [0.1, 0.15) is 22.5 Å². The molecule has 0 aliphatic heterocycles. The lowest BCUT2D eigenvalue weighted by Gasteiger charge is -2.17. The van der Waals surface area contributed by atoms with Crippen LogP contribution in [0.25, 0.3) is 22.3 Å². The molecule has 3 aromatic rings. The zero-order valence-electron chi connectivity index (χ0n) is 21.5. The van der Waals surface area contributed by atoms with Crippen LogP contribution < -0.4 is 10.2 Å². The fourth-order valence-corrected chi connectivity index (χ4v) is 4.11. The molecule has 0 saturated carbocycles. The number of phenols is 2. The minimum atomic E-state index is -1.05. The summed E-state index contributed by atoms with van der Waals surface area (Å²) >= 11 is 0. The van der Waals surface area contributed by atoms with Gasteiger partial charge in [0.05, 0.1) is 12.7 Å². The van der Waals surface area contributed by atoms with E-state index in [1.54, 1.807) is 12.1 Å². The molecule has 0 spiro atoms. The average molecular weight is 493 g/mol. The fraction of sp³-hybridized carbons (Fsp3) is 0.310. The number of aromatic carboxylic acids is 1. The van der Waals surface area contributed by atoms with E-state index in [2.05, 4.69) is 0 Å². The molecule has 0 aliphatic rings. The SMILES string of the molecule is CCc1cc(-c2oc3c(CC=C(C)C)c(O)c(CC=C(C)C)c(O)c3c(=O)c2OC)ccc1C(=O)O. The first-order valence-corrected chi connectivity index (χ1v) is 11.7. The number of allylic oxidation sites excluding steroid dienone is 4. The molecule has 0 amide bonds. The average Bonchev–Trinajstić information content (AvgIpc) is 2.82. The van der Waals surface area contributed by atoms with Crippen molar-refractivity contribution in [2.24, 2.45) is 0 Å². The number of fused-ring (bicyclic) bond motifs is 1. The quantitative estimate of drug-likeness (QED) is 0.322. The highest BCUT2D eigenvalue weighted by atomic mass is 16.5. The van der Waals surface area contributed by atoms with Crippen LogP contribution in [0.1, 0.15) is 61.7 Å². The summed E-state index contributed by atoms with van der Waals surface area (Å²) < 4.78 is 11.7. The predicted octanol–water partition coefficient (Wildman–Crippen LogP) is 6.16. The number of carboxylic acid groups (broad SMARTS) is 1. The van der Waals surface area contributed by atoms with Crippen LogP contribution in [0, 0.1) is 0 Å². The van der Waals surface area contributed by atoms with Crippen molar-refractivity contribution >= 4 is 16.9 Å². The summed E-state index contributed by atoms with van der Waals surface area (Å²) in [7, 11) is 1.33. The maximum absolute atomic E-state index is 13.6. The van der Waals surface area contributed by atoms with Gasteiger partial charge < -0.3 is 24.5 Å². The summed E-state index contributed by atoms with van der Waals surface area (Å²) in [5.74, 6) is -1.56. The number of aromatic hydroxyl groups is 2. The van der Waals surface area contributed by atoms with Gasteiger partial charge in [-0.15, -0.1) is 0 Å². The summed E-state index contributed by atoms with van der Waals surface area (Å²) in [6, 6.07) is 4.66. The molecule has 0 saturated heterocycles. The second kappa shape index (κ2) is 10.7. The van der Waals surface area contributed by atoms with Crippen LogP contribution in [-0.2, 0) is 19.3 Å². The highest BCUT2D eigenvalue weighted by Gasteiger charge is 2.27. The summed E-state index contributed by atoms with van der Waals surface area (Å²) in [4.78, 5) is 25.2. The van der Waals surface area contributed by atoms with Crippen LogP contribution in [0.2, 0.25) is 0 Å². The van der Waals surface area contributed by atoms with Crippen molar-refractivity contribution in [1.82, 2.24) is 0 Å². The molecule has 3 N–H and O–H groups in total. The van der Waals surface area contributed by atoms with Gasteiger partial charge in [-0.25, -0.2) is 4.79 Å². The minimum absolute atomic E-state index is 0.0598. The lowest BCUT2D eigenvalue weighted by molar-refractivity contribution is 0.0695. The van der Waals surface area contributed by atoms with E-state index in [4.69, 9.17) is 9.15 Å². The Balaban J connectivity index is 2.46. The third-order valence-electron chi connectivity index (χ3n) is 6.05. The van der Waals surface area contributed by atoms with Crippen molar-refractivity contribution in [2.75, 3.05) is 7.11 Å². The number of benzene rings is 2. The van der Waals surface area contributed by atoms with Gasteiger partial charge in [-0.1, -0.05) is 36.3 Å². The van der Waals surface area contributed by atoms with E-state index in [1.165, 1.54) is 13.2 Å². The molecule has 3 rings (SSSR count). The molecule has 2 aromatic carbocycles. The van der Waals surface area contributed by atoms with Crippen molar-refractivity contribution < 1.29 is 29.3 Å². The molecular formula is C29H32O7. The Morgan fingerprint density at radius 1 is 1.00 bits per heavy atom. The first-order valence-electron chi connectivity index (χ1n) is 11.7. The molecule has 0 bridgehead atoms. The number of aryl methyl sites for hydroxylation is 1. The molecule has 1 heterocycles. The number of phenolic OH excluding ortho intramolecular Hbond substituents is 2. The third-order valence-corrected chi connectivity index (χ3v) is 6.05. The summed E-state index contributed by atoms with van der Waals surface area (Å²) in [6.07, 6.45) is 4.72. The molecule has 0 fully saturated rings. The summed E-state index contributed by atoms with van der Waals surface area (Å²) in [6.45, 7) is 9.49. The van der Waals surface area contributed by atoms with E-state index in [0.29, 0.717) is 23.1 Å². The van der Waals surface area contributed by atoms with Gasteiger partial charge in [-0.05, 0) is 64.7 Å². The van der Waals surface area contributed by atoms with Crippen LogP contribution in [0.15, 0.2) is 50.7 Å². The number of hydrogen-bond acceptors (Lipinski definition) is 6. The Morgan fingerprint density at radius 3 is 2.14 bits per heavy atom. The maximum Gasteiger partial charge on any atom is 0.335 e. The Hall–Kier alpha value is -4.00. The monoisotopic (exact) mass is 492 g/mol. The van der Waals surface area contributed by atoms with Gasteiger partial charge in [0.2, 0.25) is 11.2 Å². The topological polar surface area (TPSA) is 117 Å². The number of rotatable bonds is 8. The van der Waals surface area contributed by atoms with Crippen molar-refractivity contribution in [2.45, 2.75) is 53.9 Å². The van der Waals surface area contributed by atoms with E-state index >= 15 is 0 Å². The number of hydrogen-bond donors (Lipinski definition) is 3. The van der Waals surface area contributed by atoms with E-state index in [1.807, 2.05) is 46.8 Å². The van der Waals surface area contributed by atoms with Crippen LogP contribution in [0.5, 0.6) is 17.2 Å². The number of ether oxygens (including phenoxy) is 1. The van der Waals surface area contributed by atoms with Crippen molar-refractivity contribution in [3.63, 3.8) is 0 Å². The maximum atomic E-state index is 13.6. The van der Waals surface area contributed by atoms with E-state index in [9.17, 15) is 24.9 Å². The number of methoxy groups -OCH3 is 1. The van der Waals surface area contributed by atoms with Gasteiger partial charge in [-0.3, -0.25) is 4.79 Å². The lowest BCUT2D eigenvalue weighted by Crippen LogP contribution is -2.10. The Labute approximate surface area is 210 Å². The van der Waals surface area contributed by atoms with Gasteiger partial charge in [0, 0.05) is 16.7 Å². The molecular weight excluding hydrogens is 460 g/mol. The Kier molecular flexibility index (Phi) is 7.93. The predicted molar refractivity (Wildman–Crippen MR) is 140 cm³/mol. The molecule has 0 radical (unpaired) electrons. The first-order chi connectivity index (χ1) is 17.0. The van der Waals surface area contributed by atoms with Crippen LogP contribution in [0.4, 0.5) is 0 Å². The molecule has 7 nitrogen and oxygen atoms in total. The zero-order valence-corrected chi connectivity index (χ0v) is 21.5. The van der Waals surface area contributed by atoms with Crippen LogP contribution >= 0.6 is 0 Å². The normalized spacial score (nSPS) is 10.8. The first kappa shape index (κ1) is 26.6. The number of carbonyl (C=O) groups is 1. The highest BCUT2D eigenvalue weighted by molar-refractivity contribution is 5.94. The van der Waals surface area contributed by atoms with Gasteiger partial charge in [0.15, 0.2) is 5.76 Å². The molecule has 1 aromatic heterocycles. The van der Waals surface area contributed by atoms with Gasteiger partial charge in [-0.2, -0.15) is 0 Å². The van der Waals surface area contributed by atoms with E-state index in [0.717, 1.165) is 11.1 Å². The highest BCUT2D eigenvalue weighted by Crippen LogP contribution is 2.43. The number of carboxylic acids is 1. The van der Waals surface area contributed by atoms with Gasteiger partial charge >= 0.3 is 5.97 Å². The fourth-order valence-electron chi connectivity index (χ4n) is 4.11. The molecule has 0 atom stereocenters. The zero-order chi connectivity index (χ0) is 26.7. The molecule has 0 unspecified atom stereocenters. The third kappa shape index (κ3) is 5.00. The molecule has 7 heteroatoms. The lowest BCUT2D eigenvalue weighted by atomic mass is 9.95. The Bertz CT molecular complexity index is 1450. The van der Waals surface area contributed by atoms with Crippen molar-refractivity contribution in [3.8, 4) is 28.6 Å². The summed E-state index contributed by atoms with van der Waals surface area (Å²) in [5, 5.41) is 31.7. The van der Waals surface area contributed by atoms with Crippen LogP contribution in [0.3, 0.4) is 0 Å². The van der Waals surface area contributed by atoms with E-state index < -0.39 is 11.4 Å². The minimum Gasteiger partial charge on any atom is -0.507 e. The summed E-state index contributed by atoms with van der Waals surface area (Å²) in [5.41, 5.74) is 3.28. The van der Waals surface area contributed by atoms with Crippen molar-refractivity contribution in [3.05, 3.63) is 74.0 Å². The van der Waals surface area contributed by atoms with Crippen LogP contribution in [-0.4, -0.2) is 28.4 Å². The molecule has 0 aliphatic carbocycles. The molecule has 36 heavy (non-hydrogen) atoms. The second-order valence-electron chi connectivity index (χ2n) is 9.15. The standard InChI is InChI=1S/C29H32O7/c1-7-17-14-18(10-13-19(17)29(33)34)26-28(35-6)25(32)22-24(31)20(11-8-15(2)3)23(30)21(27(22)36-26)12-9-16(4)5/h8-10,13-14,30-31H,7,11-12H2,1-6H3,(H,33,34). The van der Waals surface area contributed by atoms with Crippen molar-refractivity contribution in [1.29, 1.82) is 0 Å². The molecule has 190 valence electrons.